The van der Waals surface area contributed by atoms with Crippen molar-refractivity contribution in [2.45, 2.75) is 22.5 Å². The Morgan fingerprint density at radius 1 is 0.619 bits per heavy atom. The minimum Gasteiger partial charge on any atom is -0.457 e. The molecule has 2 rings (SSSR count). The van der Waals surface area contributed by atoms with Gasteiger partial charge in [-0.25, -0.2) is 0 Å². The van der Waals surface area contributed by atoms with Crippen LogP contribution in [0.3, 0.4) is 0 Å². The Hall–Kier alpha value is -0.600. The molecule has 0 aliphatic heterocycles. The predicted octanol–water partition coefficient (Wildman–Crippen LogP) is 6.17. The third kappa shape index (κ3) is 5.96. The molecular formula is C16H14Cl4O. The molecule has 5 heteroatoms. The molecule has 1 nitrogen and oxygen atoms in total. The van der Waals surface area contributed by atoms with Gasteiger partial charge in [0.15, 0.2) is 0 Å². The quantitative estimate of drug-likeness (QED) is 0.557. The summed E-state index contributed by atoms with van der Waals surface area (Å²) in [6, 6.07) is 15.4. The zero-order chi connectivity index (χ0) is 15.2. The molecule has 0 radical (unpaired) electrons. The molecule has 0 aromatic heterocycles. The number of hydrogen-bond donors (Lipinski definition) is 0. The molecule has 2 aromatic rings. The van der Waals surface area contributed by atoms with E-state index in [1.165, 1.54) is 0 Å². The normalized spacial score (nSPS) is 11.1. The summed E-state index contributed by atoms with van der Waals surface area (Å²) >= 11 is 23.0. The zero-order valence-electron chi connectivity index (χ0n) is 11.1. The van der Waals surface area contributed by atoms with Gasteiger partial charge < -0.3 is 4.74 Å². The van der Waals surface area contributed by atoms with Crippen LogP contribution in [0.5, 0.6) is 11.5 Å². The monoisotopic (exact) mass is 362 g/mol. The first-order valence-corrected chi connectivity index (χ1v) is 8.19. The van der Waals surface area contributed by atoms with Crippen LogP contribution in [0.4, 0.5) is 0 Å². The number of hydrogen-bond acceptors (Lipinski definition) is 1. The van der Waals surface area contributed by atoms with Crippen LogP contribution in [0.15, 0.2) is 48.5 Å². The second kappa shape index (κ2) is 8.14. The van der Waals surface area contributed by atoms with Crippen LogP contribution in [0.1, 0.15) is 11.1 Å². The van der Waals surface area contributed by atoms with E-state index >= 15 is 0 Å². The maximum Gasteiger partial charge on any atom is 0.127 e. The van der Waals surface area contributed by atoms with Gasteiger partial charge in [-0.1, -0.05) is 24.3 Å². The van der Waals surface area contributed by atoms with Crippen molar-refractivity contribution in [3.05, 3.63) is 59.7 Å². The van der Waals surface area contributed by atoms with Crippen LogP contribution in [0.25, 0.3) is 0 Å². The molecular weight excluding hydrogens is 350 g/mol. The lowest BCUT2D eigenvalue weighted by Gasteiger charge is -2.08. The first-order valence-electron chi connectivity index (χ1n) is 6.45. The summed E-state index contributed by atoms with van der Waals surface area (Å²) in [6.07, 6.45) is 1.24. The van der Waals surface area contributed by atoms with E-state index in [9.17, 15) is 0 Å². The maximum atomic E-state index is 5.77. The van der Waals surface area contributed by atoms with Crippen LogP contribution >= 0.6 is 46.4 Å². The first kappa shape index (κ1) is 16.8. The lowest BCUT2D eigenvalue weighted by atomic mass is 10.1. The summed E-state index contributed by atoms with van der Waals surface area (Å²) in [6.45, 7) is 0. The largest absolute Gasteiger partial charge is 0.457 e. The topological polar surface area (TPSA) is 9.23 Å². The summed E-state index contributed by atoms with van der Waals surface area (Å²) in [5.41, 5.74) is 2.14. The maximum absolute atomic E-state index is 5.77. The summed E-state index contributed by atoms with van der Waals surface area (Å²) in [7, 11) is 0. The standard InChI is InChI=1S/C16H14Cl4O/c17-15(18)9-11-1-5-13(6-2-11)21-14-7-3-12(4-8-14)10-16(19)20/h1-8,15-16H,9-10H2. The molecule has 0 spiro atoms. The van der Waals surface area contributed by atoms with E-state index in [4.69, 9.17) is 51.1 Å². The highest BCUT2D eigenvalue weighted by Crippen LogP contribution is 2.24. The molecule has 2 aromatic carbocycles. The van der Waals surface area contributed by atoms with Gasteiger partial charge in [0.2, 0.25) is 0 Å². The van der Waals surface area contributed by atoms with Gasteiger partial charge in [0.1, 0.15) is 21.2 Å². The van der Waals surface area contributed by atoms with Crippen LogP contribution in [0.2, 0.25) is 0 Å². The van der Waals surface area contributed by atoms with Crippen molar-refractivity contribution >= 4 is 46.4 Å². The van der Waals surface area contributed by atoms with Crippen molar-refractivity contribution in [1.82, 2.24) is 0 Å². The predicted molar refractivity (Wildman–Crippen MR) is 91.4 cm³/mol. The number of halogens is 4. The van der Waals surface area contributed by atoms with Gasteiger partial charge in [0.05, 0.1) is 0 Å². The fourth-order valence-electron chi connectivity index (χ4n) is 1.88. The summed E-state index contributed by atoms with van der Waals surface area (Å²) in [5, 5.41) is 0. The van der Waals surface area contributed by atoms with Crippen molar-refractivity contribution in [2.24, 2.45) is 0 Å². The molecule has 0 aliphatic rings. The lowest BCUT2D eigenvalue weighted by molar-refractivity contribution is 0.482. The minimum absolute atomic E-state index is 0.392. The molecule has 0 aliphatic carbocycles. The molecule has 0 atom stereocenters. The van der Waals surface area contributed by atoms with Crippen LogP contribution in [0, 0.1) is 0 Å². The smallest absolute Gasteiger partial charge is 0.127 e. The number of benzene rings is 2. The van der Waals surface area contributed by atoms with E-state index in [2.05, 4.69) is 0 Å². The van der Waals surface area contributed by atoms with E-state index < -0.39 is 9.67 Å². The van der Waals surface area contributed by atoms with E-state index in [1.807, 2.05) is 48.5 Å². The minimum atomic E-state index is -0.392. The Kier molecular flexibility index (Phi) is 6.50. The van der Waals surface area contributed by atoms with Crippen molar-refractivity contribution in [1.29, 1.82) is 0 Å². The van der Waals surface area contributed by atoms with E-state index in [-0.39, 0.29) is 0 Å². The lowest BCUT2D eigenvalue weighted by Crippen LogP contribution is -1.94. The average molecular weight is 364 g/mol. The zero-order valence-corrected chi connectivity index (χ0v) is 14.1. The van der Waals surface area contributed by atoms with Gasteiger partial charge in [0, 0.05) is 12.8 Å². The molecule has 0 amide bonds. The second-order valence-corrected chi connectivity index (χ2v) is 7.13. The van der Waals surface area contributed by atoms with Crippen molar-refractivity contribution in [3.8, 4) is 11.5 Å². The molecule has 112 valence electrons. The van der Waals surface area contributed by atoms with Crippen LogP contribution < -0.4 is 4.74 Å². The third-order valence-corrected chi connectivity index (χ3v) is 3.48. The molecule has 0 bridgehead atoms. The van der Waals surface area contributed by atoms with E-state index in [0.29, 0.717) is 12.8 Å². The SMILES string of the molecule is ClC(Cl)Cc1ccc(Oc2ccc(CC(Cl)Cl)cc2)cc1. The Labute approximate surface area is 144 Å². The molecule has 0 N–H and O–H groups in total. The van der Waals surface area contributed by atoms with Gasteiger partial charge in [-0.05, 0) is 35.4 Å². The highest BCUT2D eigenvalue weighted by molar-refractivity contribution is 6.44. The second-order valence-electron chi connectivity index (χ2n) is 4.58. The molecule has 0 unspecified atom stereocenters. The Morgan fingerprint density at radius 2 is 0.952 bits per heavy atom. The third-order valence-electron chi connectivity index (χ3n) is 2.86. The Morgan fingerprint density at radius 3 is 1.24 bits per heavy atom. The molecule has 0 saturated carbocycles. The molecule has 0 fully saturated rings. The number of alkyl halides is 4. The molecule has 0 heterocycles. The van der Waals surface area contributed by atoms with Crippen molar-refractivity contribution in [3.63, 3.8) is 0 Å². The molecule has 21 heavy (non-hydrogen) atoms. The van der Waals surface area contributed by atoms with E-state index in [1.54, 1.807) is 0 Å². The van der Waals surface area contributed by atoms with Crippen molar-refractivity contribution in [2.75, 3.05) is 0 Å². The van der Waals surface area contributed by atoms with Crippen molar-refractivity contribution < 1.29 is 4.74 Å². The highest BCUT2D eigenvalue weighted by atomic mass is 35.5. The van der Waals surface area contributed by atoms with Gasteiger partial charge in [0.25, 0.3) is 0 Å². The van der Waals surface area contributed by atoms with Gasteiger partial charge in [-0.3, -0.25) is 0 Å². The van der Waals surface area contributed by atoms with Gasteiger partial charge >= 0.3 is 0 Å². The summed E-state index contributed by atoms with van der Waals surface area (Å²) in [5.74, 6) is 1.53. The van der Waals surface area contributed by atoms with Crippen LogP contribution in [-0.2, 0) is 12.8 Å². The number of ether oxygens (including phenoxy) is 1. The molecule has 0 saturated heterocycles. The first-order chi connectivity index (χ1) is 10.0. The summed E-state index contributed by atoms with van der Waals surface area (Å²) < 4.78 is 5.77. The average Bonchev–Trinajstić information content (AvgIpc) is 2.42. The number of rotatable bonds is 6. The fraction of sp³-hybridized carbons (Fsp3) is 0.250. The summed E-state index contributed by atoms with van der Waals surface area (Å²) in [4.78, 5) is -0.783. The Balaban J connectivity index is 1.97. The Bertz CT molecular complexity index is 498. The van der Waals surface area contributed by atoms with E-state index in [0.717, 1.165) is 22.6 Å². The van der Waals surface area contributed by atoms with Gasteiger partial charge in [-0.2, -0.15) is 0 Å². The van der Waals surface area contributed by atoms with Gasteiger partial charge in [-0.15, -0.1) is 46.4 Å². The fourth-order valence-corrected chi connectivity index (χ4v) is 2.59. The highest BCUT2D eigenvalue weighted by Gasteiger charge is 2.04. The van der Waals surface area contributed by atoms with Crippen LogP contribution in [-0.4, -0.2) is 9.67 Å².